The molecule has 0 spiro atoms. The molecule has 4 nitrogen and oxygen atoms in total. The van der Waals surface area contributed by atoms with E-state index >= 15 is 0 Å². The molecule has 0 radical (unpaired) electrons. The maximum absolute atomic E-state index is 4.68. The maximum Gasteiger partial charge on any atom is 0.151 e. The van der Waals surface area contributed by atoms with Crippen molar-refractivity contribution in [2.75, 3.05) is 23.3 Å². The van der Waals surface area contributed by atoms with Crippen LogP contribution in [0.25, 0.3) is 0 Å². The Hall–Kier alpha value is -1.19. The smallest absolute Gasteiger partial charge is 0.151 e. The molecular weight excluding hydrogens is 224 g/mol. The lowest BCUT2D eigenvalue weighted by atomic mass is 9.93. The van der Waals surface area contributed by atoms with Gasteiger partial charge in [0.25, 0.3) is 0 Å². The molecule has 1 N–H and O–H groups in total. The van der Waals surface area contributed by atoms with Crippen LogP contribution in [0.4, 0.5) is 11.5 Å². The quantitative estimate of drug-likeness (QED) is 0.825. The minimum Gasteiger partial charge on any atom is -0.378 e. The number of nitrogens with zero attached hydrogens (tertiary/aromatic N) is 3. The minimum absolute atomic E-state index is 0.714. The molecule has 1 aliphatic carbocycles. The Kier molecular flexibility index (Phi) is 2.17. The van der Waals surface area contributed by atoms with Crippen LogP contribution >= 0.6 is 0 Å². The monoisotopic (exact) mass is 246 g/mol. The highest BCUT2D eigenvalue weighted by atomic mass is 15.4. The number of hydrogen-bond acceptors (Lipinski definition) is 3. The number of hydrogen-bond donors (Lipinski definition) is 1. The normalized spacial score (nSPS) is 33.0. The van der Waals surface area contributed by atoms with Crippen molar-refractivity contribution in [1.29, 1.82) is 0 Å². The van der Waals surface area contributed by atoms with Crippen LogP contribution < -0.4 is 10.2 Å². The Morgan fingerprint density at radius 2 is 2.28 bits per heavy atom. The van der Waals surface area contributed by atoms with Gasteiger partial charge in [-0.1, -0.05) is 6.42 Å². The van der Waals surface area contributed by atoms with Crippen molar-refractivity contribution >= 4 is 11.5 Å². The van der Waals surface area contributed by atoms with Crippen molar-refractivity contribution < 1.29 is 0 Å². The van der Waals surface area contributed by atoms with Crippen LogP contribution in [0.15, 0.2) is 0 Å². The van der Waals surface area contributed by atoms with Gasteiger partial charge in [0.1, 0.15) is 5.69 Å². The number of fused-ring (bicyclic) bond motifs is 5. The molecular formula is C14H22N4. The Balaban J connectivity index is 1.78. The summed E-state index contributed by atoms with van der Waals surface area (Å²) in [6.07, 6.45) is 4.31. The second-order valence-electron chi connectivity index (χ2n) is 6.06. The average molecular weight is 246 g/mol. The summed E-state index contributed by atoms with van der Waals surface area (Å²) in [5.74, 6) is 3.22. The lowest BCUT2D eigenvalue weighted by molar-refractivity contribution is 0.427. The largest absolute Gasteiger partial charge is 0.378 e. The zero-order chi connectivity index (χ0) is 12.3. The predicted molar refractivity (Wildman–Crippen MR) is 73.1 cm³/mol. The van der Waals surface area contributed by atoms with Crippen molar-refractivity contribution in [2.45, 2.75) is 45.7 Å². The molecule has 3 heterocycles. The molecule has 4 heteroatoms. The Bertz CT molecular complexity index is 478. The lowest BCUT2D eigenvalue weighted by Crippen LogP contribution is -2.43. The van der Waals surface area contributed by atoms with E-state index in [9.17, 15) is 0 Å². The Labute approximate surface area is 108 Å². The van der Waals surface area contributed by atoms with E-state index in [1.54, 1.807) is 0 Å². The SMILES string of the molecule is CCn1nc(C)c2c1N1CC3CCCC3C1CN2. The van der Waals surface area contributed by atoms with Gasteiger partial charge in [-0.25, -0.2) is 4.68 Å². The first-order valence-electron chi connectivity index (χ1n) is 7.37. The van der Waals surface area contributed by atoms with Crippen LogP contribution in [0.2, 0.25) is 0 Å². The second-order valence-corrected chi connectivity index (χ2v) is 6.06. The molecule has 2 fully saturated rings. The van der Waals surface area contributed by atoms with Gasteiger partial charge in [-0.3, -0.25) is 0 Å². The molecule has 3 aliphatic rings. The highest BCUT2D eigenvalue weighted by Gasteiger charge is 2.47. The minimum atomic E-state index is 0.714. The zero-order valence-corrected chi connectivity index (χ0v) is 11.3. The fraction of sp³-hybridized carbons (Fsp3) is 0.786. The van der Waals surface area contributed by atoms with E-state index in [1.165, 1.54) is 37.3 Å². The standard InChI is InChI=1S/C14H22N4/c1-3-18-14-13(9(2)16-18)15-7-12-11-6-4-5-10(11)8-17(12)14/h10-12,15H,3-8H2,1-2H3. The van der Waals surface area contributed by atoms with E-state index in [0.717, 1.165) is 30.6 Å². The molecule has 1 aromatic heterocycles. The van der Waals surface area contributed by atoms with Crippen molar-refractivity contribution in [2.24, 2.45) is 11.8 Å². The highest BCUT2D eigenvalue weighted by Crippen LogP contribution is 2.47. The van der Waals surface area contributed by atoms with Gasteiger partial charge in [0.15, 0.2) is 5.82 Å². The van der Waals surface area contributed by atoms with E-state index in [1.807, 2.05) is 0 Å². The van der Waals surface area contributed by atoms with E-state index in [4.69, 9.17) is 0 Å². The first kappa shape index (κ1) is 10.7. The fourth-order valence-electron chi connectivity index (χ4n) is 4.42. The van der Waals surface area contributed by atoms with Crippen molar-refractivity contribution in [3.8, 4) is 0 Å². The predicted octanol–water partition coefficient (Wildman–Crippen LogP) is 2.24. The molecule has 2 aliphatic heterocycles. The number of nitrogens with one attached hydrogen (secondary N) is 1. The first-order chi connectivity index (χ1) is 8.79. The summed E-state index contributed by atoms with van der Waals surface area (Å²) in [6, 6.07) is 0.714. The second kappa shape index (κ2) is 3.65. The highest BCUT2D eigenvalue weighted by molar-refractivity contribution is 5.72. The van der Waals surface area contributed by atoms with E-state index in [2.05, 4.69) is 33.8 Å². The van der Waals surface area contributed by atoms with Crippen LogP contribution in [0.5, 0.6) is 0 Å². The first-order valence-corrected chi connectivity index (χ1v) is 7.37. The molecule has 1 saturated heterocycles. The zero-order valence-electron chi connectivity index (χ0n) is 11.3. The average Bonchev–Trinajstić information content (AvgIpc) is 3.01. The van der Waals surface area contributed by atoms with Crippen LogP contribution in [-0.2, 0) is 6.54 Å². The molecule has 0 aromatic carbocycles. The van der Waals surface area contributed by atoms with Crippen molar-refractivity contribution in [3.63, 3.8) is 0 Å². The van der Waals surface area contributed by atoms with Gasteiger partial charge in [-0.2, -0.15) is 5.10 Å². The molecule has 3 unspecified atom stereocenters. The van der Waals surface area contributed by atoms with Crippen LogP contribution in [0, 0.1) is 18.8 Å². The molecule has 0 bridgehead atoms. The third-order valence-electron chi connectivity index (χ3n) is 5.20. The summed E-state index contributed by atoms with van der Waals surface area (Å²) in [5, 5.41) is 8.32. The van der Waals surface area contributed by atoms with Gasteiger partial charge in [-0.15, -0.1) is 0 Å². The summed E-state index contributed by atoms with van der Waals surface area (Å²) < 4.78 is 2.19. The lowest BCUT2D eigenvalue weighted by Gasteiger charge is -2.35. The topological polar surface area (TPSA) is 33.1 Å². The van der Waals surface area contributed by atoms with E-state index < -0.39 is 0 Å². The molecule has 1 saturated carbocycles. The summed E-state index contributed by atoms with van der Waals surface area (Å²) >= 11 is 0. The summed E-state index contributed by atoms with van der Waals surface area (Å²) in [5.41, 5.74) is 2.44. The fourth-order valence-corrected chi connectivity index (χ4v) is 4.42. The van der Waals surface area contributed by atoms with E-state index in [-0.39, 0.29) is 0 Å². The third kappa shape index (κ3) is 1.24. The summed E-state index contributed by atoms with van der Waals surface area (Å²) in [4.78, 5) is 2.66. The third-order valence-corrected chi connectivity index (χ3v) is 5.20. The van der Waals surface area contributed by atoms with Gasteiger partial charge < -0.3 is 10.2 Å². The summed E-state index contributed by atoms with van der Waals surface area (Å²) in [7, 11) is 0. The van der Waals surface area contributed by atoms with Gasteiger partial charge in [0, 0.05) is 19.6 Å². The van der Waals surface area contributed by atoms with Gasteiger partial charge >= 0.3 is 0 Å². The molecule has 18 heavy (non-hydrogen) atoms. The number of rotatable bonds is 1. The van der Waals surface area contributed by atoms with Gasteiger partial charge in [0.2, 0.25) is 0 Å². The van der Waals surface area contributed by atoms with Crippen molar-refractivity contribution in [3.05, 3.63) is 5.69 Å². The van der Waals surface area contributed by atoms with Gasteiger partial charge in [-0.05, 0) is 38.5 Å². The number of aromatic nitrogens is 2. The molecule has 98 valence electrons. The Morgan fingerprint density at radius 3 is 3.11 bits per heavy atom. The van der Waals surface area contributed by atoms with E-state index in [0.29, 0.717) is 6.04 Å². The Morgan fingerprint density at radius 1 is 1.39 bits per heavy atom. The maximum atomic E-state index is 4.68. The van der Waals surface area contributed by atoms with Crippen LogP contribution in [0.1, 0.15) is 31.9 Å². The molecule has 1 aromatic rings. The van der Waals surface area contributed by atoms with Crippen molar-refractivity contribution in [1.82, 2.24) is 9.78 Å². The molecule has 3 atom stereocenters. The van der Waals surface area contributed by atoms with Crippen LogP contribution in [0.3, 0.4) is 0 Å². The summed E-state index contributed by atoms with van der Waals surface area (Å²) in [6.45, 7) is 7.65. The molecule has 4 rings (SSSR count). The number of anilines is 2. The van der Waals surface area contributed by atoms with Crippen LogP contribution in [-0.4, -0.2) is 28.9 Å². The number of aryl methyl sites for hydroxylation is 2. The molecule has 0 amide bonds. The van der Waals surface area contributed by atoms with Gasteiger partial charge in [0.05, 0.1) is 11.7 Å².